The van der Waals surface area contributed by atoms with Crippen LogP contribution in [0.5, 0.6) is 0 Å². The summed E-state index contributed by atoms with van der Waals surface area (Å²) >= 11 is 0. The number of halogens is 2. The second-order valence-corrected chi connectivity index (χ2v) is 4.03. The number of rotatable bonds is 2. The Morgan fingerprint density at radius 1 is 1.47 bits per heavy atom. The Hall–Kier alpha value is -1.65. The van der Waals surface area contributed by atoms with Gasteiger partial charge in [0.1, 0.15) is 18.5 Å². The molecular formula is C9H12F2N4O4. The van der Waals surface area contributed by atoms with Gasteiger partial charge in [0.2, 0.25) is 5.95 Å². The molecule has 1 aromatic rings. The van der Waals surface area contributed by atoms with Gasteiger partial charge in [-0.25, -0.2) is 18.6 Å². The van der Waals surface area contributed by atoms with Crippen molar-refractivity contribution in [3.63, 3.8) is 0 Å². The van der Waals surface area contributed by atoms with Crippen molar-refractivity contribution in [2.75, 3.05) is 12.3 Å². The van der Waals surface area contributed by atoms with Crippen LogP contribution < -0.4 is 11.4 Å². The summed E-state index contributed by atoms with van der Waals surface area (Å²) in [6.07, 6.45) is -8.59. The van der Waals surface area contributed by atoms with E-state index in [0.29, 0.717) is 4.57 Å². The van der Waals surface area contributed by atoms with E-state index in [-0.39, 0.29) is 5.95 Å². The van der Waals surface area contributed by atoms with Gasteiger partial charge in [0.05, 0.1) is 6.61 Å². The summed E-state index contributed by atoms with van der Waals surface area (Å²) in [7, 11) is 0. The number of nitrogen functional groups attached to an aromatic ring is 1. The highest BCUT2D eigenvalue weighted by atomic mass is 19.2. The number of anilines is 1. The van der Waals surface area contributed by atoms with Gasteiger partial charge in [0.25, 0.3) is 0 Å². The van der Waals surface area contributed by atoms with E-state index in [4.69, 9.17) is 15.6 Å². The van der Waals surface area contributed by atoms with Crippen molar-refractivity contribution >= 4 is 5.95 Å². The summed E-state index contributed by atoms with van der Waals surface area (Å²) in [6, 6.07) is 0. The lowest BCUT2D eigenvalue weighted by Crippen LogP contribution is -2.54. The van der Waals surface area contributed by atoms with Crippen LogP contribution in [0, 0.1) is 0 Å². The van der Waals surface area contributed by atoms with E-state index in [9.17, 15) is 18.7 Å². The van der Waals surface area contributed by atoms with Crippen LogP contribution in [0.15, 0.2) is 11.1 Å². The molecule has 1 fully saturated rings. The monoisotopic (exact) mass is 278 g/mol. The molecule has 1 aliphatic heterocycles. The quantitative estimate of drug-likeness (QED) is 0.580. The summed E-state index contributed by atoms with van der Waals surface area (Å²) in [5, 5.41) is 18.3. The Morgan fingerprint density at radius 3 is 2.74 bits per heavy atom. The Balaban J connectivity index is 2.35. The normalized spacial score (nSPS) is 35.3. The predicted octanol–water partition coefficient (Wildman–Crippen LogP) is -1.85. The molecule has 2 heterocycles. The summed E-state index contributed by atoms with van der Waals surface area (Å²) in [5.41, 5.74) is 4.20. The van der Waals surface area contributed by atoms with E-state index in [2.05, 4.69) is 9.97 Å². The molecule has 1 aromatic heterocycles. The number of ether oxygens (including phenoxy) is 1. The molecule has 1 saturated heterocycles. The molecule has 2 rings (SSSR count). The molecule has 5 atom stereocenters. The second-order valence-electron chi connectivity index (χ2n) is 4.03. The molecule has 0 saturated carbocycles. The highest BCUT2D eigenvalue weighted by Gasteiger charge is 2.47. The maximum absolute atomic E-state index is 13.8. The lowest BCUT2D eigenvalue weighted by molar-refractivity contribution is -0.220. The molecule has 4 N–H and O–H groups in total. The van der Waals surface area contributed by atoms with Gasteiger partial charge >= 0.3 is 5.69 Å². The van der Waals surface area contributed by atoms with Gasteiger partial charge in [-0.2, -0.15) is 4.98 Å². The Morgan fingerprint density at radius 2 is 2.16 bits per heavy atom. The van der Waals surface area contributed by atoms with Crippen LogP contribution in [-0.2, 0) is 4.74 Å². The third kappa shape index (κ3) is 2.41. The summed E-state index contributed by atoms with van der Waals surface area (Å²) in [6.45, 7) is -0.727. The van der Waals surface area contributed by atoms with Crippen LogP contribution >= 0.6 is 0 Å². The van der Waals surface area contributed by atoms with E-state index in [1.807, 2.05) is 0 Å². The molecule has 19 heavy (non-hydrogen) atoms. The van der Waals surface area contributed by atoms with Crippen molar-refractivity contribution in [3.8, 4) is 0 Å². The SMILES string of the molecule is Nc1ncn([C@@H]2O[C@H](CO)[C@H](O)[C@H](F)C2F)c(=O)n1. The zero-order chi connectivity index (χ0) is 14.2. The maximum Gasteiger partial charge on any atom is 0.354 e. The minimum Gasteiger partial charge on any atom is -0.394 e. The van der Waals surface area contributed by atoms with Gasteiger partial charge in [-0.05, 0) is 0 Å². The molecule has 0 bridgehead atoms. The van der Waals surface area contributed by atoms with Crippen LogP contribution in [0.4, 0.5) is 14.7 Å². The molecule has 106 valence electrons. The first-order valence-corrected chi connectivity index (χ1v) is 5.39. The van der Waals surface area contributed by atoms with Crippen LogP contribution in [-0.4, -0.2) is 55.9 Å². The first kappa shape index (κ1) is 13.8. The number of nitrogens with two attached hydrogens (primary N) is 1. The lowest BCUT2D eigenvalue weighted by atomic mass is 10.0. The van der Waals surface area contributed by atoms with E-state index < -0.39 is 43.1 Å². The third-order valence-corrected chi connectivity index (χ3v) is 2.80. The van der Waals surface area contributed by atoms with E-state index in [1.54, 1.807) is 0 Å². The summed E-state index contributed by atoms with van der Waals surface area (Å²) < 4.78 is 32.9. The number of aliphatic hydroxyl groups is 2. The Bertz CT molecular complexity index is 511. The molecule has 1 aliphatic rings. The van der Waals surface area contributed by atoms with Crippen molar-refractivity contribution in [1.82, 2.24) is 14.5 Å². The van der Waals surface area contributed by atoms with Crippen LogP contribution in [0.1, 0.15) is 6.23 Å². The van der Waals surface area contributed by atoms with Gasteiger partial charge in [-0.3, -0.25) is 4.57 Å². The number of aromatic nitrogens is 3. The first-order valence-electron chi connectivity index (χ1n) is 5.39. The number of hydrogen-bond donors (Lipinski definition) is 3. The molecule has 0 radical (unpaired) electrons. The first-order chi connectivity index (χ1) is 8.95. The molecule has 8 nitrogen and oxygen atoms in total. The lowest BCUT2D eigenvalue weighted by Gasteiger charge is -2.37. The van der Waals surface area contributed by atoms with Gasteiger partial charge in [-0.15, -0.1) is 0 Å². The average molecular weight is 278 g/mol. The molecule has 0 aromatic carbocycles. The van der Waals surface area contributed by atoms with E-state index in [1.165, 1.54) is 0 Å². The van der Waals surface area contributed by atoms with Crippen LogP contribution in [0.3, 0.4) is 0 Å². The fourth-order valence-electron chi connectivity index (χ4n) is 1.79. The molecule has 0 aliphatic carbocycles. The van der Waals surface area contributed by atoms with Gasteiger partial charge in [-0.1, -0.05) is 0 Å². The molecule has 10 heteroatoms. The van der Waals surface area contributed by atoms with Crippen LogP contribution in [0.25, 0.3) is 0 Å². The zero-order valence-corrected chi connectivity index (χ0v) is 9.56. The van der Waals surface area contributed by atoms with Crippen LogP contribution in [0.2, 0.25) is 0 Å². The molecule has 0 amide bonds. The van der Waals surface area contributed by atoms with Crippen molar-refractivity contribution in [2.45, 2.75) is 30.8 Å². The molecule has 1 unspecified atom stereocenters. The largest absolute Gasteiger partial charge is 0.394 e. The number of aliphatic hydroxyl groups excluding tert-OH is 2. The minimum atomic E-state index is -2.31. The standard InChI is InChI=1S/C9H12F2N4O4/c10-4-5(11)7(19-3(1-16)6(4)17)15-2-13-8(12)14-9(15)18/h2-7,16-17H,1H2,(H2,12,14,18)/t3-,4-,5?,6+,7-/m1/s1. The topological polar surface area (TPSA) is 123 Å². The van der Waals surface area contributed by atoms with Gasteiger partial charge in [0.15, 0.2) is 18.6 Å². The minimum absolute atomic E-state index is 0.317. The van der Waals surface area contributed by atoms with E-state index in [0.717, 1.165) is 6.33 Å². The number of nitrogens with zero attached hydrogens (tertiary/aromatic N) is 3. The molecule has 0 spiro atoms. The fraction of sp³-hybridized carbons (Fsp3) is 0.667. The van der Waals surface area contributed by atoms with Gasteiger partial charge in [0, 0.05) is 0 Å². The highest BCUT2D eigenvalue weighted by molar-refractivity contribution is 5.10. The zero-order valence-electron chi connectivity index (χ0n) is 9.56. The Labute approximate surface area is 105 Å². The smallest absolute Gasteiger partial charge is 0.354 e. The van der Waals surface area contributed by atoms with Crippen molar-refractivity contribution in [1.29, 1.82) is 0 Å². The summed E-state index contributed by atoms with van der Waals surface area (Å²) in [5.74, 6) is -0.317. The van der Waals surface area contributed by atoms with Crippen molar-refractivity contribution < 1.29 is 23.7 Å². The van der Waals surface area contributed by atoms with E-state index >= 15 is 0 Å². The van der Waals surface area contributed by atoms with Crippen molar-refractivity contribution in [2.24, 2.45) is 0 Å². The average Bonchev–Trinajstić information content (AvgIpc) is 2.38. The van der Waals surface area contributed by atoms with Gasteiger partial charge < -0.3 is 20.7 Å². The Kier molecular flexibility index (Phi) is 3.73. The predicted molar refractivity (Wildman–Crippen MR) is 57.5 cm³/mol. The maximum atomic E-state index is 13.8. The second kappa shape index (κ2) is 5.15. The summed E-state index contributed by atoms with van der Waals surface area (Å²) in [4.78, 5) is 18.2. The third-order valence-electron chi connectivity index (χ3n) is 2.80. The highest BCUT2D eigenvalue weighted by Crippen LogP contribution is 2.31. The van der Waals surface area contributed by atoms with Crippen molar-refractivity contribution in [3.05, 3.63) is 16.8 Å². The number of hydrogen-bond acceptors (Lipinski definition) is 7. The molecular weight excluding hydrogens is 266 g/mol. The number of alkyl halides is 2. The fourth-order valence-corrected chi connectivity index (χ4v) is 1.79.